The lowest BCUT2D eigenvalue weighted by atomic mass is 9.77. The number of nitrogens with one attached hydrogen (secondary N) is 1. The zero-order valence-corrected chi connectivity index (χ0v) is 15.4. The van der Waals surface area contributed by atoms with Crippen molar-refractivity contribution < 1.29 is 4.79 Å². The fourth-order valence-corrected chi connectivity index (χ4v) is 3.29. The molecule has 2 heteroatoms. The highest BCUT2D eigenvalue weighted by molar-refractivity contribution is 5.82. The third kappa shape index (κ3) is 3.61. The van der Waals surface area contributed by atoms with Crippen molar-refractivity contribution in [3.8, 4) is 0 Å². The molecule has 0 bridgehead atoms. The van der Waals surface area contributed by atoms with Crippen LogP contribution in [0.2, 0.25) is 0 Å². The molecule has 0 aliphatic carbocycles. The quantitative estimate of drug-likeness (QED) is 0.625. The molecule has 0 fully saturated rings. The second kappa shape index (κ2) is 8.11. The van der Waals surface area contributed by atoms with Crippen LogP contribution in [0.15, 0.2) is 91.0 Å². The van der Waals surface area contributed by atoms with Gasteiger partial charge in [0.1, 0.15) is 5.78 Å². The molecule has 3 aromatic carbocycles. The van der Waals surface area contributed by atoms with E-state index in [0.29, 0.717) is 6.54 Å². The van der Waals surface area contributed by atoms with E-state index in [0.717, 1.165) is 16.7 Å². The first-order valence-corrected chi connectivity index (χ1v) is 9.09. The van der Waals surface area contributed by atoms with E-state index in [1.165, 1.54) is 0 Å². The predicted molar refractivity (Wildman–Crippen MR) is 107 cm³/mol. The molecule has 0 atom stereocenters. The average molecular weight is 343 g/mol. The highest BCUT2D eigenvalue weighted by atomic mass is 16.1. The number of Topliss-reactive ketones (excluding diaryl/α,β-unsaturated/α-hetero) is 1. The lowest BCUT2D eigenvalue weighted by Crippen LogP contribution is -2.47. The Kier molecular flexibility index (Phi) is 5.65. The van der Waals surface area contributed by atoms with E-state index >= 15 is 0 Å². The van der Waals surface area contributed by atoms with Gasteiger partial charge >= 0.3 is 0 Å². The number of rotatable bonds is 7. The fraction of sp³-hybridized carbons (Fsp3) is 0.208. The summed E-state index contributed by atoms with van der Waals surface area (Å²) in [4.78, 5) is 12.4. The Morgan fingerprint density at radius 3 is 1.38 bits per heavy atom. The summed E-state index contributed by atoms with van der Waals surface area (Å²) in [5, 5.41) is 3.61. The Bertz CT molecular complexity index is 729. The third-order valence-electron chi connectivity index (χ3n) is 4.79. The molecule has 0 saturated carbocycles. The smallest absolute Gasteiger partial charge is 0.149 e. The molecule has 2 nitrogen and oxygen atoms in total. The van der Waals surface area contributed by atoms with Crippen LogP contribution in [-0.2, 0) is 10.3 Å². The van der Waals surface area contributed by atoms with Crippen LogP contribution in [0.5, 0.6) is 0 Å². The Labute approximate surface area is 155 Å². The summed E-state index contributed by atoms with van der Waals surface area (Å²) in [6.45, 7) is 4.20. The molecule has 0 saturated heterocycles. The number of hydrogen-bond acceptors (Lipinski definition) is 2. The minimum absolute atomic E-state index is 0.00233. The summed E-state index contributed by atoms with van der Waals surface area (Å²) in [5.74, 6) is 0.208. The van der Waals surface area contributed by atoms with Crippen molar-refractivity contribution in [3.63, 3.8) is 0 Å². The van der Waals surface area contributed by atoms with Gasteiger partial charge in [0.05, 0.1) is 12.1 Å². The molecule has 0 aliphatic rings. The van der Waals surface area contributed by atoms with Gasteiger partial charge < -0.3 is 0 Å². The molecule has 1 N–H and O–H groups in total. The first-order valence-electron chi connectivity index (χ1n) is 9.09. The zero-order chi connectivity index (χ0) is 18.4. The standard InChI is InChI=1S/C24H25NO/c1-19(2)23(26)18-25-24(20-12-6-3-7-13-20,21-14-8-4-9-15-21)22-16-10-5-11-17-22/h3-17,19,25H,18H2,1-2H3. The van der Waals surface area contributed by atoms with Crippen molar-refractivity contribution in [2.75, 3.05) is 6.54 Å². The van der Waals surface area contributed by atoms with E-state index in [1.54, 1.807) is 0 Å². The van der Waals surface area contributed by atoms with Crippen molar-refractivity contribution in [1.29, 1.82) is 0 Å². The average Bonchev–Trinajstić information content (AvgIpc) is 2.70. The summed E-state index contributed by atoms with van der Waals surface area (Å²) in [6, 6.07) is 31.0. The maximum atomic E-state index is 12.4. The molecule has 0 heterocycles. The number of benzene rings is 3. The fourth-order valence-electron chi connectivity index (χ4n) is 3.29. The monoisotopic (exact) mass is 343 g/mol. The van der Waals surface area contributed by atoms with Crippen LogP contribution in [0.25, 0.3) is 0 Å². The molecule has 0 aromatic heterocycles. The van der Waals surface area contributed by atoms with Gasteiger partial charge in [-0.2, -0.15) is 0 Å². The predicted octanol–water partition coefficient (Wildman–Crippen LogP) is 4.79. The number of carbonyl (C=O) groups is 1. The Hall–Kier alpha value is -2.71. The van der Waals surface area contributed by atoms with E-state index in [1.807, 2.05) is 68.4 Å². The SMILES string of the molecule is CC(C)C(=O)CNC(c1ccccc1)(c1ccccc1)c1ccccc1. The molecule has 26 heavy (non-hydrogen) atoms. The minimum atomic E-state index is -0.575. The molecule has 0 amide bonds. The van der Waals surface area contributed by atoms with Gasteiger partial charge in [-0.1, -0.05) is 105 Å². The van der Waals surface area contributed by atoms with E-state index in [9.17, 15) is 4.79 Å². The van der Waals surface area contributed by atoms with Crippen LogP contribution in [0.3, 0.4) is 0 Å². The van der Waals surface area contributed by atoms with Gasteiger partial charge in [-0.05, 0) is 16.7 Å². The van der Waals surface area contributed by atoms with Gasteiger partial charge in [0.25, 0.3) is 0 Å². The second-order valence-corrected chi connectivity index (χ2v) is 6.82. The van der Waals surface area contributed by atoms with Gasteiger partial charge in [0, 0.05) is 5.92 Å². The van der Waals surface area contributed by atoms with Crippen LogP contribution >= 0.6 is 0 Å². The lowest BCUT2D eigenvalue weighted by molar-refractivity contribution is -0.121. The molecule has 0 unspecified atom stereocenters. The zero-order valence-electron chi connectivity index (χ0n) is 15.4. The number of hydrogen-bond donors (Lipinski definition) is 1. The van der Waals surface area contributed by atoms with Crippen LogP contribution in [0.4, 0.5) is 0 Å². The lowest BCUT2D eigenvalue weighted by Gasteiger charge is -2.37. The van der Waals surface area contributed by atoms with Gasteiger partial charge in [0.15, 0.2) is 0 Å². The van der Waals surface area contributed by atoms with Gasteiger partial charge in [-0.15, -0.1) is 0 Å². The maximum Gasteiger partial charge on any atom is 0.149 e. The van der Waals surface area contributed by atoms with E-state index in [2.05, 4.69) is 41.7 Å². The summed E-state index contributed by atoms with van der Waals surface area (Å²) in [6.07, 6.45) is 0. The third-order valence-corrected chi connectivity index (χ3v) is 4.79. The molecule has 0 radical (unpaired) electrons. The van der Waals surface area contributed by atoms with Crippen molar-refractivity contribution >= 4 is 5.78 Å². The van der Waals surface area contributed by atoms with Crippen molar-refractivity contribution in [2.45, 2.75) is 19.4 Å². The van der Waals surface area contributed by atoms with Crippen LogP contribution in [0.1, 0.15) is 30.5 Å². The summed E-state index contributed by atoms with van der Waals surface area (Å²) in [7, 11) is 0. The Balaban J connectivity index is 2.19. The van der Waals surface area contributed by atoms with Crippen LogP contribution in [0, 0.1) is 5.92 Å². The highest BCUT2D eigenvalue weighted by Crippen LogP contribution is 2.36. The first kappa shape index (κ1) is 18.1. The van der Waals surface area contributed by atoms with Gasteiger partial charge in [-0.25, -0.2) is 0 Å². The maximum absolute atomic E-state index is 12.4. The van der Waals surface area contributed by atoms with Gasteiger partial charge in [0.2, 0.25) is 0 Å². The normalized spacial score (nSPS) is 11.5. The van der Waals surface area contributed by atoms with Crippen molar-refractivity contribution in [3.05, 3.63) is 108 Å². The first-order chi connectivity index (χ1) is 12.6. The molecule has 0 spiro atoms. The van der Waals surface area contributed by atoms with Crippen molar-refractivity contribution in [1.82, 2.24) is 5.32 Å². The van der Waals surface area contributed by atoms with Gasteiger partial charge in [-0.3, -0.25) is 10.1 Å². The Morgan fingerprint density at radius 1 is 0.731 bits per heavy atom. The Morgan fingerprint density at radius 2 is 1.08 bits per heavy atom. The van der Waals surface area contributed by atoms with E-state index in [-0.39, 0.29) is 11.7 Å². The second-order valence-electron chi connectivity index (χ2n) is 6.82. The molecule has 3 aromatic rings. The van der Waals surface area contributed by atoms with E-state index < -0.39 is 5.54 Å². The highest BCUT2D eigenvalue weighted by Gasteiger charge is 2.36. The number of carbonyl (C=O) groups excluding carboxylic acids is 1. The molecule has 3 rings (SSSR count). The molecule has 132 valence electrons. The molecular weight excluding hydrogens is 318 g/mol. The van der Waals surface area contributed by atoms with E-state index in [4.69, 9.17) is 0 Å². The molecular formula is C24H25NO. The summed E-state index contributed by atoms with van der Waals surface area (Å²) in [5.41, 5.74) is 2.78. The summed E-state index contributed by atoms with van der Waals surface area (Å²) < 4.78 is 0. The molecule has 0 aliphatic heterocycles. The largest absolute Gasteiger partial charge is 0.298 e. The minimum Gasteiger partial charge on any atom is -0.298 e. The van der Waals surface area contributed by atoms with Crippen LogP contribution < -0.4 is 5.32 Å². The van der Waals surface area contributed by atoms with Crippen molar-refractivity contribution in [2.24, 2.45) is 5.92 Å². The number of ketones is 1. The summed E-state index contributed by atoms with van der Waals surface area (Å²) >= 11 is 0. The van der Waals surface area contributed by atoms with Crippen LogP contribution in [-0.4, -0.2) is 12.3 Å². The topological polar surface area (TPSA) is 29.1 Å².